The number of rotatable bonds is 3. The number of fused-ring (bicyclic) bond motifs is 1. The minimum absolute atomic E-state index is 0.426. The minimum Gasteiger partial charge on any atom is -0.560 e. The van der Waals surface area contributed by atoms with Crippen LogP contribution in [0.5, 0.6) is 5.75 Å². The van der Waals surface area contributed by atoms with Crippen LogP contribution in [-0.2, 0) is 21.6 Å². The molecule has 8 nitrogen and oxygen atoms in total. The summed E-state index contributed by atoms with van der Waals surface area (Å²) in [5.41, 5.74) is 0.884. The molecule has 1 aromatic heterocycles. The standard InChI is InChI=1S/C13H14N2O2.CH4O4S/c1-3-14-13(16)17-11-8-4-6-10-7-5-9-15(2)12(10)11;1-5-6(2,3)4/h4-9H,3H2,1-2H3;1H3,(H,2,3,4). The lowest BCUT2D eigenvalue weighted by Gasteiger charge is -2.14. The van der Waals surface area contributed by atoms with Crippen LogP contribution in [0.3, 0.4) is 0 Å². The zero-order chi connectivity index (χ0) is 17.5. The molecule has 0 radical (unpaired) electrons. The van der Waals surface area contributed by atoms with Gasteiger partial charge < -0.3 is 9.84 Å². The molecule has 23 heavy (non-hydrogen) atoms. The van der Waals surface area contributed by atoms with Crippen LogP contribution in [0, 0.1) is 0 Å². The van der Waals surface area contributed by atoms with E-state index < -0.39 is 16.5 Å². The zero-order valence-electron chi connectivity index (χ0n) is 13.0. The van der Waals surface area contributed by atoms with Crippen LogP contribution in [0.1, 0.15) is 6.92 Å². The van der Waals surface area contributed by atoms with Crippen molar-refractivity contribution >= 4 is 27.4 Å². The van der Waals surface area contributed by atoms with Crippen molar-refractivity contribution in [1.29, 1.82) is 0 Å². The van der Waals surface area contributed by atoms with E-state index >= 15 is 0 Å². The van der Waals surface area contributed by atoms with Crippen molar-refractivity contribution < 1.29 is 31.6 Å². The summed E-state index contributed by atoms with van der Waals surface area (Å²) in [5, 5.41) is 12.4. The summed E-state index contributed by atoms with van der Waals surface area (Å²) < 4.78 is 36.9. The lowest BCUT2D eigenvalue weighted by molar-refractivity contribution is -0.645. The van der Waals surface area contributed by atoms with E-state index in [1.807, 2.05) is 42.1 Å². The van der Waals surface area contributed by atoms with Gasteiger partial charge in [0.15, 0.2) is 6.20 Å². The van der Waals surface area contributed by atoms with E-state index in [-0.39, 0.29) is 0 Å². The fraction of sp³-hybridized carbons (Fsp3) is 0.286. The van der Waals surface area contributed by atoms with Crippen LogP contribution >= 0.6 is 0 Å². The molecule has 0 aliphatic carbocycles. The SMILES string of the molecule is CCN=C([O-])Oc1cccc2ccc[n+](C)c12.COS(=O)(=O)O. The smallest absolute Gasteiger partial charge is 0.397 e. The average Bonchev–Trinajstić information content (AvgIpc) is 2.48. The molecule has 0 saturated heterocycles. The molecule has 0 unspecified atom stereocenters. The third-order valence-corrected chi connectivity index (χ3v) is 3.08. The summed E-state index contributed by atoms with van der Waals surface area (Å²) in [6.45, 7) is 2.22. The van der Waals surface area contributed by atoms with Gasteiger partial charge in [0.1, 0.15) is 13.1 Å². The Balaban J connectivity index is 0.000000379. The van der Waals surface area contributed by atoms with Gasteiger partial charge in [-0.3, -0.25) is 13.7 Å². The maximum Gasteiger partial charge on any atom is 0.397 e. The number of aliphatic imine (C=N–C) groups is 1. The lowest BCUT2D eigenvalue weighted by Crippen LogP contribution is -2.30. The van der Waals surface area contributed by atoms with Gasteiger partial charge in [0.25, 0.3) is 0 Å². The van der Waals surface area contributed by atoms with E-state index in [1.165, 1.54) is 0 Å². The summed E-state index contributed by atoms with van der Waals surface area (Å²) >= 11 is 0. The van der Waals surface area contributed by atoms with Gasteiger partial charge in [-0.1, -0.05) is 6.07 Å². The highest BCUT2D eigenvalue weighted by Crippen LogP contribution is 2.21. The molecule has 0 atom stereocenters. The number of ether oxygens (including phenoxy) is 1. The Morgan fingerprint density at radius 2 is 1.96 bits per heavy atom. The molecular formula is C14H18N2O6S. The Labute approximate surface area is 134 Å². The van der Waals surface area contributed by atoms with Crippen LogP contribution < -0.4 is 14.4 Å². The summed E-state index contributed by atoms with van der Waals surface area (Å²) in [6, 6.07) is 9.53. The number of hydrogen-bond acceptors (Lipinski definition) is 6. The Morgan fingerprint density at radius 1 is 1.35 bits per heavy atom. The largest absolute Gasteiger partial charge is 0.560 e. The summed E-state index contributed by atoms with van der Waals surface area (Å²) in [6.07, 6.45) is 1.36. The average molecular weight is 342 g/mol. The number of pyridine rings is 1. The van der Waals surface area contributed by atoms with Gasteiger partial charge in [0.05, 0.1) is 12.9 Å². The van der Waals surface area contributed by atoms with Gasteiger partial charge >= 0.3 is 10.4 Å². The molecule has 1 N–H and O–H groups in total. The first-order valence-electron chi connectivity index (χ1n) is 6.58. The Morgan fingerprint density at radius 3 is 2.52 bits per heavy atom. The van der Waals surface area contributed by atoms with Gasteiger partial charge in [-0.2, -0.15) is 8.42 Å². The van der Waals surface area contributed by atoms with Crippen molar-refractivity contribution in [2.75, 3.05) is 13.7 Å². The molecule has 0 amide bonds. The molecule has 2 aromatic rings. The summed E-state index contributed by atoms with van der Waals surface area (Å²) in [7, 11) is -1.38. The molecule has 126 valence electrons. The van der Waals surface area contributed by atoms with E-state index in [9.17, 15) is 13.5 Å². The van der Waals surface area contributed by atoms with E-state index in [1.54, 1.807) is 13.0 Å². The second kappa shape index (κ2) is 8.42. The fourth-order valence-electron chi connectivity index (χ4n) is 1.74. The van der Waals surface area contributed by atoms with Crippen LogP contribution in [0.25, 0.3) is 10.9 Å². The Bertz CT molecular complexity index is 784. The molecule has 2 rings (SSSR count). The van der Waals surface area contributed by atoms with Gasteiger partial charge in [0, 0.05) is 18.0 Å². The molecule has 1 heterocycles. The summed E-state index contributed by atoms with van der Waals surface area (Å²) in [4.78, 5) is 3.69. The number of aromatic nitrogens is 1. The van der Waals surface area contributed by atoms with Crippen LogP contribution in [0.4, 0.5) is 0 Å². The second-order valence-corrected chi connectivity index (χ2v) is 5.44. The maximum absolute atomic E-state index is 11.4. The molecule has 0 aliphatic heterocycles. The molecule has 0 aliphatic rings. The molecule has 0 bridgehead atoms. The highest BCUT2D eigenvalue weighted by Gasteiger charge is 2.07. The maximum atomic E-state index is 11.4. The molecule has 0 spiro atoms. The Kier molecular flexibility index (Phi) is 6.89. The minimum atomic E-state index is -4.16. The van der Waals surface area contributed by atoms with Crippen LogP contribution in [-0.4, -0.2) is 32.7 Å². The predicted molar refractivity (Wildman–Crippen MR) is 82.3 cm³/mol. The highest BCUT2D eigenvalue weighted by atomic mass is 32.3. The molecule has 0 fully saturated rings. The molecule has 0 saturated carbocycles. The van der Waals surface area contributed by atoms with Crippen molar-refractivity contribution in [1.82, 2.24) is 0 Å². The van der Waals surface area contributed by atoms with Crippen molar-refractivity contribution in [3.8, 4) is 5.75 Å². The summed E-state index contributed by atoms with van der Waals surface area (Å²) in [5.74, 6) is 0.535. The topological polar surface area (TPSA) is 112 Å². The lowest BCUT2D eigenvalue weighted by atomic mass is 10.2. The van der Waals surface area contributed by atoms with Crippen molar-refractivity contribution in [2.24, 2.45) is 12.0 Å². The quantitative estimate of drug-likeness (QED) is 0.369. The fourth-order valence-corrected chi connectivity index (χ4v) is 1.74. The number of aryl methyl sites for hydroxylation is 1. The van der Waals surface area contributed by atoms with E-state index in [0.29, 0.717) is 12.3 Å². The van der Waals surface area contributed by atoms with Gasteiger partial charge in [-0.05, 0) is 25.1 Å². The zero-order valence-corrected chi connectivity index (χ0v) is 13.8. The first-order valence-corrected chi connectivity index (χ1v) is 7.94. The normalized spacial score (nSPS) is 11.7. The first kappa shape index (κ1) is 18.8. The molecular weight excluding hydrogens is 324 g/mol. The van der Waals surface area contributed by atoms with E-state index in [4.69, 9.17) is 9.29 Å². The monoisotopic (exact) mass is 342 g/mol. The van der Waals surface area contributed by atoms with Crippen molar-refractivity contribution in [2.45, 2.75) is 6.92 Å². The van der Waals surface area contributed by atoms with Crippen LogP contribution in [0.2, 0.25) is 0 Å². The van der Waals surface area contributed by atoms with Gasteiger partial charge in [0.2, 0.25) is 5.52 Å². The van der Waals surface area contributed by atoms with E-state index in [2.05, 4.69) is 9.18 Å². The van der Waals surface area contributed by atoms with Gasteiger partial charge in [-0.15, -0.1) is 0 Å². The van der Waals surface area contributed by atoms with Gasteiger partial charge in [-0.25, -0.2) is 4.57 Å². The third kappa shape index (κ3) is 6.19. The Hall–Kier alpha value is -2.23. The molecule has 1 aromatic carbocycles. The second-order valence-electron chi connectivity index (χ2n) is 4.25. The first-order chi connectivity index (χ1) is 10.8. The number of nitrogens with zero attached hydrogens (tertiary/aromatic N) is 2. The number of benzene rings is 1. The predicted octanol–water partition coefficient (Wildman–Crippen LogP) is 0.215. The number of hydrogen-bond donors (Lipinski definition) is 1. The number of para-hydroxylation sites is 1. The highest BCUT2D eigenvalue weighted by molar-refractivity contribution is 7.80. The van der Waals surface area contributed by atoms with Crippen molar-refractivity contribution in [3.63, 3.8) is 0 Å². The van der Waals surface area contributed by atoms with E-state index in [0.717, 1.165) is 18.0 Å². The van der Waals surface area contributed by atoms with Crippen LogP contribution in [0.15, 0.2) is 41.5 Å². The third-order valence-electron chi connectivity index (χ3n) is 2.66. The molecule has 9 heteroatoms. The van der Waals surface area contributed by atoms with Crippen molar-refractivity contribution in [3.05, 3.63) is 36.5 Å².